The Morgan fingerprint density at radius 1 is 0.893 bits per heavy atom. The quantitative estimate of drug-likeness (QED) is 0.565. The molecule has 0 N–H and O–H groups in total. The fourth-order valence-corrected chi connectivity index (χ4v) is 4.74. The number of ether oxygens (including phenoxy) is 2. The second-order valence-corrected chi connectivity index (χ2v) is 8.41. The van der Waals surface area contributed by atoms with Gasteiger partial charge in [0.25, 0.3) is 5.69 Å². The highest BCUT2D eigenvalue weighted by molar-refractivity contribution is 7.89. The van der Waals surface area contributed by atoms with Crippen LogP contribution >= 0.6 is 0 Å². The third kappa shape index (κ3) is 3.48. The summed E-state index contributed by atoms with van der Waals surface area (Å²) in [7, 11) is -3.64. The molecule has 28 heavy (non-hydrogen) atoms. The summed E-state index contributed by atoms with van der Waals surface area (Å²) in [5, 5.41) is 10.8. The highest BCUT2D eigenvalue weighted by Crippen LogP contribution is 2.33. The van der Waals surface area contributed by atoms with Gasteiger partial charge in [-0.05, 0) is 24.3 Å². The number of rotatable bonds is 4. The van der Waals surface area contributed by atoms with Crippen LogP contribution in [0.4, 0.5) is 11.4 Å². The zero-order valence-corrected chi connectivity index (χ0v) is 15.8. The van der Waals surface area contributed by atoms with Gasteiger partial charge in [-0.15, -0.1) is 0 Å². The predicted molar refractivity (Wildman–Crippen MR) is 102 cm³/mol. The van der Waals surface area contributed by atoms with E-state index >= 15 is 0 Å². The first-order valence-electron chi connectivity index (χ1n) is 8.84. The fourth-order valence-electron chi connectivity index (χ4n) is 3.31. The number of fused-ring (bicyclic) bond motifs is 1. The lowest BCUT2D eigenvalue weighted by atomic mass is 10.2. The molecule has 0 atom stereocenters. The topological polar surface area (TPSA) is 102 Å². The summed E-state index contributed by atoms with van der Waals surface area (Å²) < 4.78 is 38.3. The van der Waals surface area contributed by atoms with Gasteiger partial charge in [0.15, 0.2) is 11.5 Å². The molecular weight excluding hydrogens is 386 g/mol. The Balaban J connectivity index is 1.46. The second kappa shape index (κ2) is 7.28. The molecule has 148 valence electrons. The number of piperazine rings is 1. The molecule has 0 aromatic heterocycles. The monoisotopic (exact) mass is 405 g/mol. The van der Waals surface area contributed by atoms with E-state index in [1.165, 1.54) is 28.6 Å². The highest BCUT2D eigenvalue weighted by Gasteiger charge is 2.30. The average molecular weight is 405 g/mol. The zero-order chi connectivity index (χ0) is 19.7. The summed E-state index contributed by atoms with van der Waals surface area (Å²) in [5.74, 6) is 0.991. The van der Waals surface area contributed by atoms with Crippen LogP contribution in [0, 0.1) is 10.1 Å². The van der Waals surface area contributed by atoms with Gasteiger partial charge in [0.2, 0.25) is 10.0 Å². The molecule has 2 aliphatic heterocycles. The standard InChI is InChI=1S/C18H19N3O6S/c22-21(23)15-3-1-14(2-4-15)19-7-9-20(10-8-19)28(24,25)16-5-6-17-18(13-16)27-12-11-26-17/h1-6,13H,7-12H2. The molecule has 2 aromatic carbocycles. The molecule has 0 spiro atoms. The molecule has 10 heteroatoms. The van der Waals surface area contributed by atoms with E-state index in [1.807, 2.05) is 4.90 Å². The van der Waals surface area contributed by atoms with E-state index in [2.05, 4.69) is 0 Å². The average Bonchev–Trinajstić information content (AvgIpc) is 2.73. The highest BCUT2D eigenvalue weighted by atomic mass is 32.2. The Hall–Kier alpha value is -2.85. The molecule has 2 heterocycles. The van der Waals surface area contributed by atoms with Gasteiger partial charge in [-0.2, -0.15) is 4.31 Å². The van der Waals surface area contributed by atoms with Crippen molar-refractivity contribution in [3.63, 3.8) is 0 Å². The van der Waals surface area contributed by atoms with Crippen LogP contribution in [0.3, 0.4) is 0 Å². The van der Waals surface area contributed by atoms with Crippen molar-refractivity contribution in [1.82, 2.24) is 4.31 Å². The largest absolute Gasteiger partial charge is 0.486 e. The number of nitro groups is 1. The maximum Gasteiger partial charge on any atom is 0.269 e. The maximum atomic E-state index is 13.0. The fraction of sp³-hybridized carbons (Fsp3) is 0.333. The van der Waals surface area contributed by atoms with Crippen molar-refractivity contribution in [2.75, 3.05) is 44.3 Å². The normalized spacial score (nSPS) is 17.4. The minimum absolute atomic E-state index is 0.0311. The number of nitro benzene ring substituents is 1. The van der Waals surface area contributed by atoms with Crippen LogP contribution in [-0.2, 0) is 10.0 Å². The van der Waals surface area contributed by atoms with Crippen LogP contribution in [-0.4, -0.2) is 57.0 Å². The Bertz CT molecular complexity index is 985. The number of sulfonamides is 1. The van der Waals surface area contributed by atoms with E-state index in [4.69, 9.17) is 9.47 Å². The van der Waals surface area contributed by atoms with Crippen molar-refractivity contribution < 1.29 is 22.8 Å². The van der Waals surface area contributed by atoms with Crippen molar-refractivity contribution >= 4 is 21.4 Å². The van der Waals surface area contributed by atoms with Crippen LogP contribution in [0.5, 0.6) is 11.5 Å². The number of nitrogens with zero attached hydrogens (tertiary/aromatic N) is 3. The van der Waals surface area contributed by atoms with Crippen molar-refractivity contribution in [2.45, 2.75) is 4.90 Å². The number of anilines is 1. The lowest BCUT2D eigenvalue weighted by Gasteiger charge is -2.35. The van der Waals surface area contributed by atoms with E-state index in [1.54, 1.807) is 18.2 Å². The Kier molecular flexibility index (Phi) is 4.82. The zero-order valence-electron chi connectivity index (χ0n) is 15.0. The predicted octanol–water partition coefficient (Wildman–Crippen LogP) is 1.88. The van der Waals surface area contributed by atoms with E-state index in [0.717, 1.165) is 5.69 Å². The first-order chi connectivity index (χ1) is 13.4. The Labute approximate surface area is 162 Å². The molecule has 0 saturated carbocycles. The first kappa shape index (κ1) is 18.5. The smallest absolute Gasteiger partial charge is 0.269 e. The van der Waals surface area contributed by atoms with E-state index < -0.39 is 14.9 Å². The molecule has 2 aromatic rings. The van der Waals surface area contributed by atoms with Gasteiger partial charge >= 0.3 is 0 Å². The van der Waals surface area contributed by atoms with Gasteiger partial charge in [-0.1, -0.05) is 0 Å². The van der Waals surface area contributed by atoms with Crippen LogP contribution < -0.4 is 14.4 Å². The summed E-state index contributed by atoms with van der Waals surface area (Å²) in [4.78, 5) is 12.5. The molecule has 0 bridgehead atoms. The minimum atomic E-state index is -3.64. The molecule has 0 unspecified atom stereocenters. The lowest BCUT2D eigenvalue weighted by Crippen LogP contribution is -2.48. The summed E-state index contributed by atoms with van der Waals surface area (Å²) in [5.41, 5.74) is 0.866. The Morgan fingerprint density at radius 2 is 1.54 bits per heavy atom. The van der Waals surface area contributed by atoms with Gasteiger partial charge < -0.3 is 14.4 Å². The van der Waals surface area contributed by atoms with E-state index in [-0.39, 0.29) is 10.6 Å². The van der Waals surface area contributed by atoms with Crippen molar-refractivity contribution in [2.24, 2.45) is 0 Å². The van der Waals surface area contributed by atoms with E-state index in [9.17, 15) is 18.5 Å². The molecule has 2 aliphatic rings. The van der Waals surface area contributed by atoms with Crippen LogP contribution in [0.2, 0.25) is 0 Å². The summed E-state index contributed by atoms with van der Waals surface area (Å²) in [6.07, 6.45) is 0. The molecule has 0 amide bonds. The van der Waals surface area contributed by atoms with Gasteiger partial charge in [-0.25, -0.2) is 8.42 Å². The number of hydrogen-bond donors (Lipinski definition) is 0. The first-order valence-corrected chi connectivity index (χ1v) is 10.3. The van der Waals surface area contributed by atoms with Gasteiger partial charge in [-0.3, -0.25) is 10.1 Å². The van der Waals surface area contributed by atoms with Gasteiger partial charge in [0.05, 0.1) is 9.82 Å². The Morgan fingerprint density at radius 3 is 2.18 bits per heavy atom. The summed E-state index contributed by atoms with van der Waals surface area (Å²) >= 11 is 0. The van der Waals surface area contributed by atoms with Crippen LogP contribution in [0.1, 0.15) is 0 Å². The number of benzene rings is 2. The number of non-ortho nitro benzene ring substituents is 1. The van der Waals surface area contributed by atoms with E-state index in [0.29, 0.717) is 50.9 Å². The van der Waals surface area contributed by atoms with Crippen LogP contribution in [0.25, 0.3) is 0 Å². The SMILES string of the molecule is O=[N+]([O-])c1ccc(N2CCN(S(=O)(=O)c3ccc4c(c3)OCCO4)CC2)cc1. The molecule has 9 nitrogen and oxygen atoms in total. The van der Waals surface area contributed by atoms with Gasteiger partial charge in [0.1, 0.15) is 13.2 Å². The third-order valence-corrected chi connectivity index (χ3v) is 6.71. The number of hydrogen-bond acceptors (Lipinski definition) is 7. The second-order valence-electron chi connectivity index (χ2n) is 6.47. The molecular formula is C18H19N3O6S. The molecule has 1 fully saturated rings. The van der Waals surface area contributed by atoms with Crippen LogP contribution in [0.15, 0.2) is 47.4 Å². The van der Waals surface area contributed by atoms with Crippen molar-refractivity contribution in [1.29, 1.82) is 0 Å². The molecule has 4 rings (SSSR count). The molecule has 0 radical (unpaired) electrons. The molecule has 1 saturated heterocycles. The lowest BCUT2D eigenvalue weighted by molar-refractivity contribution is -0.384. The van der Waals surface area contributed by atoms with Crippen molar-refractivity contribution in [3.8, 4) is 11.5 Å². The van der Waals surface area contributed by atoms with Crippen molar-refractivity contribution in [3.05, 3.63) is 52.6 Å². The minimum Gasteiger partial charge on any atom is -0.486 e. The summed E-state index contributed by atoms with van der Waals surface area (Å²) in [6.45, 7) is 2.50. The van der Waals surface area contributed by atoms with Gasteiger partial charge in [0, 0.05) is 50.1 Å². The molecule has 0 aliphatic carbocycles. The maximum absolute atomic E-state index is 13.0. The summed E-state index contributed by atoms with van der Waals surface area (Å²) in [6, 6.07) is 10.9. The third-order valence-electron chi connectivity index (χ3n) is 4.82.